The Hall–Kier alpha value is -2.82. The Labute approximate surface area is 153 Å². The molecular weight excluding hydrogens is 328 g/mol. The summed E-state index contributed by atoms with van der Waals surface area (Å²) in [6, 6.07) is 14.1. The van der Waals surface area contributed by atoms with E-state index in [0.717, 1.165) is 18.6 Å². The van der Waals surface area contributed by atoms with Crippen molar-refractivity contribution in [1.29, 1.82) is 0 Å². The number of methoxy groups -OCH3 is 1. The molecule has 1 aliphatic rings. The first kappa shape index (κ1) is 18.0. The minimum atomic E-state index is -0.195. The molecule has 2 amide bonds. The second-order valence-electron chi connectivity index (χ2n) is 6.66. The number of rotatable bonds is 6. The molecule has 2 aromatic carbocycles. The van der Waals surface area contributed by atoms with Crippen LogP contribution in [-0.4, -0.2) is 18.9 Å². The van der Waals surface area contributed by atoms with Gasteiger partial charge in [0.15, 0.2) is 0 Å². The number of carbonyl (C=O) groups excluding carboxylic acids is 2. The molecule has 0 saturated heterocycles. The van der Waals surface area contributed by atoms with Crippen molar-refractivity contribution < 1.29 is 14.3 Å². The lowest BCUT2D eigenvalue weighted by Crippen LogP contribution is -2.15. The Morgan fingerprint density at radius 3 is 2.12 bits per heavy atom. The number of benzene rings is 2. The fraction of sp³-hybridized carbons (Fsp3) is 0.333. The summed E-state index contributed by atoms with van der Waals surface area (Å²) in [6.45, 7) is 0. The van der Waals surface area contributed by atoms with Crippen molar-refractivity contribution in [3.63, 3.8) is 0 Å². The highest BCUT2D eigenvalue weighted by Gasteiger charge is 2.18. The molecule has 2 aromatic rings. The van der Waals surface area contributed by atoms with E-state index in [4.69, 9.17) is 4.74 Å². The number of hydrogen-bond acceptors (Lipinski definition) is 3. The van der Waals surface area contributed by atoms with Crippen LogP contribution < -0.4 is 15.4 Å². The molecular formula is C21H24N2O3. The highest BCUT2D eigenvalue weighted by atomic mass is 16.5. The third-order valence-corrected chi connectivity index (χ3v) is 4.73. The van der Waals surface area contributed by atoms with Crippen molar-refractivity contribution in [3.8, 4) is 5.75 Å². The van der Waals surface area contributed by atoms with Crippen LogP contribution in [0.1, 0.15) is 42.5 Å². The van der Waals surface area contributed by atoms with Gasteiger partial charge in [0.25, 0.3) is 5.91 Å². The monoisotopic (exact) mass is 352 g/mol. The molecule has 0 spiro atoms. The number of carbonyl (C=O) groups is 2. The molecule has 5 nitrogen and oxygen atoms in total. The van der Waals surface area contributed by atoms with E-state index < -0.39 is 0 Å². The van der Waals surface area contributed by atoms with E-state index in [2.05, 4.69) is 10.6 Å². The minimum Gasteiger partial charge on any atom is -0.497 e. The lowest BCUT2D eigenvalue weighted by atomic mass is 10.0. The maximum atomic E-state index is 12.3. The first-order valence-electron chi connectivity index (χ1n) is 8.99. The highest BCUT2D eigenvalue weighted by molar-refractivity contribution is 6.04. The molecule has 2 N–H and O–H groups in total. The summed E-state index contributed by atoms with van der Waals surface area (Å²) in [6.07, 6.45) is 5.35. The van der Waals surface area contributed by atoms with Crippen molar-refractivity contribution in [1.82, 2.24) is 0 Å². The van der Waals surface area contributed by atoms with Crippen LogP contribution in [0.5, 0.6) is 5.75 Å². The van der Waals surface area contributed by atoms with Crippen LogP contribution in [0.4, 0.5) is 11.4 Å². The summed E-state index contributed by atoms with van der Waals surface area (Å²) in [5.74, 6) is 1.11. The minimum absolute atomic E-state index is 0.0485. The van der Waals surface area contributed by atoms with Gasteiger partial charge in [-0.15, -0.1) is 0 Å². The molecule has 1 saturated carbocycles. The maximum absolute atomic E-state index is 12.3. The zero-order chi connectivity index (χ0) is 18.4. The third kappa shape index (κ3) is 4.85. The van der Waals surface area contributed by atoms with Gasteiger partial charge < -0.3 is 15.4 Å². The van der Waals surface area contributed by atoms with Gasteiger partial charge in [0.2, 0.25) is 5.91 Å². The predicted molar refractivity (Wildman–Crippen MR) is 103 cm³/mol. The summed E-state index contributed by atoms with van der Waals surface area (Å²) in [5, 5.41) is 5.75. The van der Waals surface area contributed by atoms with E-state index in [9.17, 15) is 9.59 Å². The van der Waals surface area contributed by atoms with E-state index in [0.29, 0.717) is 29.3 Å². The largest absolute Gasteiger partial charge is 0.497 e. The summed E-state index contributed by atoms with van der Waals surface area (Å²) < 4.78 is 5.10. The predicted octanol–water partition coefficient (Wildman–Crippen LogP) is 4.47. The number of nitrogens with one attached hydrogen (secondary N) is 2. The summed E-state index contributed by atoms with van der Waals surface area (Å²) in [7, 11) is 1.60. The van der Waals surface area contributed by atoms with E-state index >= 15 is 0 Å². The molecule has 1 fully saturated rings. The molecule has 0 bridgehead atoms. The summed E-state index contributed by atoms with van der Waals surface area (Å²) >= 11 is 0. The quantitative estimate of drug-likeness (QED) is 0.806. The molecule has 0 heterocycles. The van der Waals surface area contributed by atoms with Crippen molar-refractivity contribution in [2.75, 3.05) is 17.7 Å². The zero-order valence-corrected chi connectivity index (χ0v) is 15.0. The lowest BCUT2D eigenvalue weighted by molar-refractivity contribution is -0.117. The lowest BCUT2D eigenvalue weighted by Gasteiger charge is -2.10. The molecule has 0 aliphatic heterocycles. The SMILES string of the molecule is COc1ccc(NC(=O)c2ccc(NC(=O)CC3CCCC3)cc2)cc1. The van der Waals surface area contributed by atoms with Crippen molar-refractivity contribution in [2.45, 2.75) is 32.1 Å². The second kappa shape index (κ2) is 8.52. The first-order valence-corrected chi connectivity index (χ1v) is 8.99. The van der Waals surface area contributed by atoms with Crippen LogP contribution in [-0.2, 0) is 4.79 Å². The normalized spacial score (nSPS) is 14.0. The van der Waals surface area contributed by atoms with E-state index in [1.54, 1.807) is 55.6 Å². The molecule has 136 valence electrons. The number of amides is 2. The Balaban J connectivity index is 1.54. The molecule has 0 unspecified atom stereocenters. The topological polar surface area (TPSA) is 67.4 Å². The molecule has 0 radical (unpaired) electrons. The van der Waals surface area contributed by atoms with Gasteiger partial charge in [-0.2, -0.15) is 0 Å². The second-order valence-corrected chi connectivity index (χ2v) is 6.66. The average molecular weight is 352 g/mol. The molecule has 0 aromatic heterocycles. The van der Waals surface area contributed by atoms with Gasteiger partial charge in [0.05, 0.1) is 7.11 Å². The molecule has 3 rings (SSSR count). The van der Waals surface area contributed by atoms with E-state index in [1.165, 1.54) is 12.8 Å². The van der Waals surface area contributed by atoms with Crippen molar-refractivity contribution in [3.05, 3.63) is 54.1 Å². The fourth-order valence-electron chi connectivity index (χ4n) is 3.27. The van der Waals surface area contributed by atoms with Gasteiger partial charge in [0.1, 0.15) is 5.75 Å². The van der Waals surface area contributed by atoms with Crippen LogP contribution in [0.25, 0.3) is 0 Å². The van der Waals surface area contributed by atoms with Crippen LogP contribution in [0, 0.1) is 5.92 Å². The van der Waals surface area contributed by atoms with Crippen LogP contribution in [0.15, 0.2) is 48.5 Å². The van der Waals surface area contributed by atoms with Gasteiger partial charge in [-0.1, -0.05) is 12.8 Å². The average Bonchev–Trinajstić information content (AvgIpc) is 3.15. The molecule has 1 aliphatic carbocycles. The smallest absolute Gasteiger partial charge is 0.255 e. The summed E-state index contributed by atoms with van der Waals surface area (Å²) in [5.41, 5.74) is 1.95. The Bertz CT molecular complexity index is 748. The number of hydrogen-bond donors (Lipinski definition) is 2. The molecule has 26 heavy (non-hydrogen) atoms. The Kier molecular flexibility index (Phi) is 5.89. The van der Waals surface area contributed by atoms with Gasteiger partial charge in [-0.3, -0.25) is 9.59 Å². The van der Waals surface area contributed by atoms with Gasteiger partial charge >= 0.3 is 0 Å². The number of ether oxygens (including phenoxy) is 1. The van der Waals surface area contributed by atoms with Crippen molar-refractivity contribution in [2.24, 2.45) is 5.92 Å². The van der Waals surface area contributed by atoms with Crippen LogP contribution in [0.3, 0.4) is 0 Å². The maximum Gasteiger partial charge on any atom is 0.255 e. The van der Waals surface area contributed by atoms with Gasteiger partial charge in [0, 0.05) is 23.4 Å². The number of anilines is 2. The molecule has 0 atom stereocenters. The third-order valence-electron chi connectivity index (χ3n) is 4.73. The van der Waals surface area contributed by atoms with E-state index in [-0.39, 0.29) is 11.8 Å². The standard InChI is InChI=1S/C21H24N2O3/c1-26-19-12-10-18(11-13-19)23-21(25)16-6-8-17(9-7-16)22-20(24)14-15-4-2-3-5-15/h6-13,15H,2-5,14H2,1H3,(H,22,24)(H,23,25). The van der Waals surface area contributed by atoms with Gasteiger partial charge in [-0.05, 0) is 67.3 Å². The highest BCUT2D eigenvalue weighted by Crippen LogP contribution is 2.27. The van der Waals surface area contributed by atoms with Crippen LogP contribution in [0.2, 0.25) is 0 Å². The van der Waals surface area contributed by atoms with Crippen LogP contribution >= 0.6 is 0 Å². The Morgan fingerprint density at radius 1 is 0.923 bits per heavy atom. The summed E-state index contributed by atoms with van der Waals surface area (Å²) in [4.78, 5) is 24.4. The Morgan fingerprint density at radius 2 is 1.50 bits per heavy atom. The van der Waals surface area contributed by atoms with E-state index in [1.807, 2.05) is 0 Å². The van der Waals surface area contributed by atoms with Crippen molar-refractivity contribution >= 4 is 23.2 Å². The fourth-order valence-corrected chi connectivity index (χ4v) is 3.27. The zero-order valence-electron chi connectivity index (χ0n) is 15.0. The molecule has 5 heteroatoms. The van der Waals surface area contributed by atoms with Gasteiger partial charge in [-0.25, -0.2) is 0 Å². The first-order chi connectivity index (χ1) is 12.6.